The van der Waals surface area contributed by atoms with Crippen molar-refractivity contribution in [3.63, 3.8) is 0 Å². The van der Waals surface area contributed by atoms with Crippen LogP contribution in [0.3, 0.4) is 0 Å². The number of hydrogen-bond donors (Lipinski definition) is 0. The molecular weight excluding hydrogens is 449 g/mol. The molecule has 176 valence electrons. The lowest BCUT2D eigenvalue weighted by Crippen LogP contribution is -1.99. The molecule has 4 aromatic rings. The number of rotatable bonds is 7. The van der Waals surface area contributed by atoms with Gasteiger partial charge in [-0.3, -0.25) is 0 Å². The fourth-order valence-electron chi connectivity index (χ4n) is 3.97. The number of allylic oxidation sites excluding steroid dienone is 1. The van der Waals surface area contributed by atoms with E-state index in [9.17, 15) is 13.2 Å². The number of benzene rings is 4. The molecule has 1 unspecified atom stereocenters. The number of epoxide rings is 1. The maximum atomic E-state index is 15.0. The molecule has 2 nitrogen and oxygen atoms in total. The average molecular weight is 473 g/mol. The van der Waals surface area contributed by atoms with Gasteiger partial charge in [0.2, 0.25) is 0 Å². The van der Waals surface area contributed by atoms with Crippen LogP contribution in [-0.2, 0) is 11.3 Å². The molecule has 0 amide bonds. The molecule has 35 heavy (non-hydrogen) atoms. The Kier molecular flexibility index (Phi) is 6.43. The minimum absolute atomic E-state index is 0.00455. The van der Waals surface area contributed by atoms with Crippen LogP contribution in [0.5, 0.6) is 5.75 Å². The van der Waals surface area contributed by atoms with Gasteiger partial charge in [-0.1, -0.05) is 72.8 Å². The van der Waals surface area contributed by atoms with Gasteiger partial charge in [0, 0.05) is 16.7 Å². The van der Waals surface area contributed by atoms with Crippen LogP contribution in [0.15, 0.2) is 84.9 Å². The normalized spacial score (nSPS) is 14.9. The number of hydrogen-bond acceptors (Lipinski definition) is 2. The predicted molar refractivity (Wildman–Crippen MR) is 131 cm³/mol. The Morgan fingerprint density at radius 1 is 0.829 bits per heavy atom. The fourth-order valence-corrected chi connectivity index (χ4v) is 3.97. The second kappa shape index (κ2) is 9.80. The molecule has 1 atom stereocenters. The minimum Gasteiger partial charge on any atom is -0.489 e. The van der Waals surface area contributed by atoms with Crippen LogP contribution in [0.4, 0.5) is 13.2 Å². The van der Waals surface area contributed by atoms with Crippen molar-refractivity contribution in [3.05, 3.63) is 119 Å². The Morgan fingerprint density at radius 2 is 1.43 bits per heavy atom. The monoisotopic (exact) mass is 472 g/mol. The van der Waals surface area contributed by atoms with Gasteiger partial charge in [-0.2, -0.15) is 0 Å². The highest BCUT2D eigenvalue weighted by Gasteiger charge is 2.25. The molecule has 0 N–H and O–H groups in total. The highest BCUT2D eigenvalue weighted by molar-refractivity contribution is 5.72. The predicted octanol–water partition coefficient (Wildman–Crippen LogP) is 8.12. The van der Waals surface area contributed by atoms with E-state index in [4.69, 9.17) is 9.47 Å². The lowest BCUT2D eigenvalue weighted by atomic mass is 9.98. The van der Waals surface area contributed by atoms with Crippen LogP contribution < -0.4 is 4.74 Å². The van der Waals surface area contributed by atoms with Crippen LogP contribution in [0.2, 0.25) is 0 Å². The molecule has 1 fully saturated rings. The van der Waals surface area contributed by atoms with Crippen LogP contribution >= 0.6 is 0 Å². The van der Waals surface area contributed by atoms with Gasteiger partial charge in [0.1, 0.15) is 24.3 Å². The molecular formula is C30H23F3O2. The van der Waals surface area contributed by atoms with E-state index >= 15 is 0 Å². The summed E-state index contributed by atoms with van der Waals surface area (Å²) in [6.07, 6.45) is 3.85. The first-order chi connectivity index (χ1) is 17.0. The first-order valence-electron chi connectivity index (χ1n) is 11.4. The summed E-state index contributed by atoms with van der Waals surface area (Å²) in [4.78, 5) is 0. The Labute approximate surface area is 202 Å². The van der Waals surface area contributed by atoms with E-state index in [-0.39, 0.29) is 29.7 Å². The number of ether oxygens (including phenoxy) is 2. The van der Waals surface area contributed by atoms with Gasteiger partial charge in [-0.25, -0.2) is 13.2 Å². The van der Waals surface area contributed by atoms with Gasteiger partial charge < -0.3 is 9.47 Å². The molecule has 0 radical (unpaired) electrons. The Balaban J connectivity index is 1.30. The molecule has 0 aliphatic carbocycles. The van der Waals surface area contributed by atoms with Crippen molar-refractivity contribution in [1.29, 1.82) is 0 Å². The molecule has 1 saturated heterocycles. The standard InChI is InChI=1S/C30H23F3O2/c1-2-3-19-4-6-20(7-5-19)25-14-15-26(30(33)29(25)32)21-10-12-24(13-11-21)34-17-23-9-8-22(16-27(23)31)28-18-35-28/h2-16,28H,17-18H2,1H3/b3-2+. The zero-order chi connectivity index (χ0) is 24.4. The van der Waals surface area contributed by atoms with Crippen molar-refractivity contribution in [2.24, 2.45) is 0 Å². The first-order valence-corrected chi connectivity index (χ1v) is 11.4. The maximum Gasteiger partial charge on any atom is 0.167 e. The van der Waals surface area contributed by atoms with Gasteiger partial charge in [0.25, 0.3) is 0 Å². The molecule has 1 aliphatic heterocycles. The van der Waals surface area contributed by atoms with E-state index in [1.165, 1.54) is 6.07 Å². The third-order valence-corrected chi connectivity index (χ3v) is 6.01. The largest absolute Gasteiger partial charge is 0.489 e. The minimum atomic E-state index is -0.907. The number of halogens is 3. The molecule has 0 saturated carbocycles. The molecule has 0 bridgehead atoms. The highest BCUT2D eigenvalue weighted by Crippen LogP contribution is 2.33. The van der Waals surface area contributed by atoms with E-state index in [2.05, 4.69) is 0 Å². The van der Waals surface area contributed by atoms with Gasteiger partial charge >= 0.3 is 0 Å². The van der Waals surface area contributed by atoms with Crippen molar-refractivity contribution in [1.82, 2.24) is 0 Å². The third kappa shape index (κ3) is 5.00. The summed E-state index contributed by atoms with van der Waals surface area (Å²) < 4.78 is 55.1. The van der Waals surface area contributed by atoms with Crippen molar-refractivity contribution < 1.29 is 22.6 Å². The second-order valence-electron chi connectivity index (χ2n) is 8.40. The molecule has 1 heterocycles. The zero-order valence-electron chi connectivity index (χ0n) is 19.1. The average Bonchev–Trinajstić information content (AvgIpc) is 3.72. The van der Waals surface area contributed by atoms with Crippen LogP contribution in [0, 0.1) is 17.5 Å². The Morgan fingerprint density at radius 3 is 1.97 bits per heavy atom. The fraction of sp³-hybridized carbons (Fsp3) is 0.133. The molecule has 0 spiro atoms. The van der Waals surface area contributed by atoms with E-state index < -0.39 is 11.6 Å². The summed E-state index contributed by atoms with van der Waals surface area (Å²) in [7, 11) is 0. The van der Waals surface area contributed by atoms with Gasteiger partial charge in [0.05, 0.1) is 6.61 Å². The van der Waals surface area contributed by atoms with Crippen molar-refractivity contribution in [2.45, 2.75) is 19.6 Å². The lowest BCUT2D eigenvalue weighted by molar-refractivity contribution is 0.299. The SMILES string of the molecule is C/C=C/c1ccc(-c2ccc(-c3ccc(OCc4ccc(C5CO5)cc4F)cc3)c(F)c2F)cc1. The van der Waals surface area contributed by atoms with Crippen LogP contribution in [0.25, 0.3) is 28.3 Å². The topological polar surface area (TPSA) is 21.8 Å². The van der Waals surface area contributed by atoms with Gasteiger partial charge in [-0.05, 0) is 47.4 Å². The first kappa shape index (κ1) is 22.9. The summed E-state index contributed by atoms with van der Waals surface area (Å²) >= 11 is 0. The molecule has 1 aliphatic rings. The zero-order valence-corrected chi connectivity index (χ0v) is 19.1. The van der Waals surface area contributed by atoms with Crippen LogP contribution in [-0.4, -0.2) is 6.61 Å². The van der Waals surface area contributed by atoms with Crippen molar-refractivity contribution in [2.75, 3.05) is 6.61 Å². The second-order valence-corrected chi connectivity index (χ2v) is 8.40. The molecule has 5 heteroatoms. The Bertz CT molecular complexity index is 1370. The molecule has 0 aromatic heterocycles. The smallest absolute Gasteiger partial charge is 0.167 e. The highest BCUT2D eigenvalue weighted by atomic mass is 19.2. The lowest BCUT2D eigenvalue weighted by Gasteiger charge is -2.11. The summed E-state index contributed by atoms with van der Waals surface area (Å²) in [5, 5.41) is 0. The quantitative estimate of drug-likeness (QED) is 0.253. The van der Waals surface area contributed by atoms with E-state index in [0.717, 1.165) is 11.1 Å². The van der Waals surface area contributed by atoms with Crippen molar-refractivity contribution >= 4 is 6.08 Å². The maximum absolute atomic E-state index is 15.0. The van der Waals surface area contributed by atoms with E-state index in [1.807, 2.05) is 37.3 Å². The molecule has 5 rings (SSSR count). The van der Waals surface area contributed by atoms with Gasteiger partial charge in [-0.15, -0.1) is 0 Å². The Hall–Kier alpha value is -3.83. The summed E-state index contributed by atoms with van der Waals surface area (Å²) in [6, 6.07) is 22.0. The summed E-state index contributed by atoms with van der Waals surface area (Å²) in [6.45, 7) is 2.60. The third-order valence-electron chi connectivity index (χ3n) is 6.01. The van der Waals surface area contributed by atoms with Gasteiger partial charge in [0.15, 0.2) is 11.6 Å². The van der Waals surface area contributed by atoms with E-state index in [0.29, 0.717) is 29.0 Å². The summed E-state index contributed by atoms with van der Waals surface area (Å²) in [5.41, 5.74) is 3.73. The van der Waals surface area contributed by atoms with E-state index in [1.54, 1.807) is 54.6 Å². The van der Waals surface area contributed by atoms with Crippen LogP contribution in [0.1, 0.15) is 29.7 Å². The summed E-state index contributed by atoms with van der Waals surface area (Å²) in [5.74, 6) is -1.64. The van der Waals surface area contributed by atoms with Crippen molar-refractivity contribution in [3.8, 4) is 28.0 Å². The molecule has 4 aromatic carbocycles.